The highest BCUT2D eigenvalue weighted by Gasteiger charge is 2.40. The lowest BCUT2D eigenvalue weighted by atomic mass is 10.1. The quantitative estimate of drug-likeness (QED) is 0.0878. The van der Waals surface area contributed by atoms with Gasteiger partial charge in [-0.15, -0.1) is 0 Å². The smallest absolute Gasteiger partial charge is 0.432 e. The topological polar surface area (TPSA) is 116 Å². The number of methoxy groups -OCH3 is 1. The highest BCUT2D eigenvalue weighted by atomic mass is 28.4. The molecule has 1 amide bonds. The maximum absolute atomic E-state index is 12.5. The first kappa shape index (κ1) is 33.0. The molecular formula is C34H44N6O5Si. The van der Waals surface area contributed by atoms with Crippen LogP contribution < -0.4 is 9.47 Å². The van der Waals surface area contributed by atoms with Crippen molar-refractivity contribution in [2.45, 2.75) is 65.1 Å². The third-order valence-electron chi connectivity index (χ3n) is 8.44. The Balaban J connectivity index is 1.35. The largest absolute Gasteiger partial charge is 0.497 e. The number of carbonyl (C=O) groups excluding carboxylic acids is 1. The van der Waals surface area contributed by atoms with Gasteiger partial charge in [-0.25, -0.2) is 24.3 Å². The Morgan fingerprint density at radius 3 is 2.52 bits per heavy atom. The van der Waals surface area contributed by atoms with Gasteiger partial charge in [0, 0.05) is 54.0 Å². The maximum atomic E-state index is 12.5. The van der Waals surface area contributed by atoms with Crippen LogP contribution in [0.25, 0.3) is 39.2 Å². The highest BCUT2D eigenvalue weighted by Crippen LogP contribution is 2.37. The first-order valence-electron chi connectivity index (χ1n) is 15.5. The summed E-state index contributed by atoms with van der Waals surface area (Å²) in [5.74, 6) is 1.49. The summed E-state index contributed by atoms with van der Waals surface area (Å²) >= 11 is 0. The summed E-state index contributed by atoms with van der Waals surface area (Å²) in [5.41, 5.74) is 6.04. The summed E-state index contributed by atoms with van der Waals surface area (Å²) in [6, 6.07) is 11.8. The number of hydroxylamine groups is 2. The van der Waals surface area contributed by atoms with Gasteiger partial charge in [-0.3, -0.25) is 0 Å². The summed E-state index contributed by atoms with van der Waals surface area (Å²) in [6.07, 6.45) is 5.57. The molecule has 4 aromatic heterocycles. The molecule has 4 heterocycles. The molecule has 0 bridgehead atoms. The molecular weight excluding hydrogens is 600 g/mol. The number of hydrogen-bond donors (Lipinski definition) is 1. The number of nitrogens with zero attached hydrogens (tertiary/aromatic N) is 5. The molecule has 5 aromatic rings. The van der Waals surface area contributed by atoms with Gasteiger partial charge < -0.3 is 23.7 Å². The molecule has 0 fully saturated rings. The van der Waals surface area contributed by atoms with Crippen LogP contribution in [0.5, 0.6) is 11.5 Å². The average molecular weight is 645 g/mol. The van der Waals surface area contributed by atoms with Crippen LogP contribution in [-0.4, -0.2) is 71.4 Å². The van der Waals surface area contributed by atoms with Crippen molar-refractivity contribution < 1.29 is 23.5 Å². The van der Waals surface area contributed by atoms with Crippen molar-refractivity contribution >= 4 is 31.1 Å². The molecule has 244 valence electrons. The van der Waals surface area contributed by atoms with E-state index in [1.54, 1.807) is 14.2 Å². The van der Waals surface area contributed by atoms with Crippen LogP contribution in [0.4, 0.5) is 4.79 Å². The Morgan fingerprint density at radius 2 is 1.80 bits per heavy atom. The second kappa shape index (κ2) is 13.1. The van der Waals surface area contributed by atoms with E-state index >= 15 is 0 Å². The molecule has 46 heavy (non-hydrogen) atoms. The van der Waals surface area contributed by atoms with Gasteiger partial charge in [0.25, 0.3) is 0 Å². The van der Waals surface area contributed by atoms with Crippen LogP contribution >= 0.6 is 0 Å². The van der Waals surface area contributed by atoms with E-state index in [4.69, 9.17) is 28.8 Å². The zero-order chi connectivity index (χ0) is 33.2. The van der Waals surface area contributed by atoms with Crippen LogP contribution in [0, 0.1) is 0 Å². The van der Waals surface area contributed by atoms with Gasteiger partial charge in [0.15, 0.2) is 5.65 Å². The number of fused-ring (bicyclic) bond motifs is 2. The lowest BCUT2D eigenvalue weighted by Crippen LogP contribution is -2.47. The molecule has 0 unspecified atom stereocenters. The molecule has 12 heteroatoms. The number of H-pyrrole nitrogens is 1. The monoisotopic (exact) mass is 644 g/mol. The van der Waals surface area contributed by atoms with E-state index in [9.17, 15) is 4.79 Å². The van der Waals surface area contributed by atoms with E-state index in [0.717, 1.165) is 44.8 Å². The van der Waals surface area contributed by atoms with Crippen LogP contribution in [0.2, 0.25) is 18.1 Å². The van der Waals surface area contributed by atoms with Crippen molar-refractivity contribution in [3.63, 3.8) is 0 Å². The van der Waals surface area contributed by atoms with Gasteiger partial charge in [0.2, 0.25) is 8.32 Å². The molecule has 0 saturated carbocycles. The van der Waals surface area contributed by atoms with E-state index in [2.05, 4.69) is 63.7 Å². The third-order valence-corrected chi connectivity index (χ3v) is 12.8. The summed E-state index contributed by atoms with van der Waals surface area (Å²) in [5, 5.41) is 6.91. The molecule has 1 aromatic carbocycles. The Morgan fingerprint density at radius 1 is 1.04 bits per heavy atom. The first-order chi connectivity index (χ1) is 21.8. The number of aromatic amines is 1. The molecule has 1 N–H and O–H groups in total. The summed E-state index contributed by atoms with van der Waals surface area (Å²) in [4.78, 5) is 25.3. The number of nitrogens with one attached hydrogen (secondary N) is 1. The highest BCUT2D eigenvalue weighted by molar-refractivity contribution is 6.74. The molecule has 0 aliphatic carbocycles. The van der Waals surface area contributed by atoms with Crippen LogP contribution in [0.3, 0.4) is 0 Å². The minimum Gasteiger partial charge on any atom is -0.497 e. The molecule has 0 aliphatic rings. The average Bonchev–Trinajstić information content (AvgIpc) is 3.66. The molecule has 0 aliphatic heterocycles. The van der Waals surface area contributed by atoms with E-state index < -0.39 is 14.4 Å². The van der Waals surface area contributed by atoms with Gasteiger partial charge in [0.05, 0.1) is 37.9 Å². The summed E-state index contributed by atoms with van der Waals surface area (Å²) < 4.78 is 25.1. The zero-order valence-corrected chi connectivity index (χ0v) is 29.2. The fourth-order valence-electron chi connectivity index (χ4n) is 4.76. The number of rotatable bonds is 11. The molecule has 0 saturated heterocycles. The predicted octanol–water partition coefficient (Wildman–Crippen LogP) is 7.85. The van der Waals surface area contributed by atoms with Gasteiger partial charge in [-0.1, -0.05) is 34.6 Å². The van der Waals surface area contributed by atoms with Crippen molar-refractivity contribution in [2.24, 2.45) is 0 Å². The first-order valence-corrected chi connectivity index (χ1v) is 18.4. The fraction of sp³-hybridized carbons (Fsp3) is 0.412. The number of carbonyl (C=O) groups is 1. The van der Waals surface area contributed by atoms with Gasteiger partial charge >= 0.3 is 6.09 Å². The molecule has 0 atom stereocenters. The lowest BCUT2D eigenvalue weighted by molar-refractivity contribution is -0.0404. The van der Waals surface area contributed by atoms with Crippen molar-refractivity contribution in [3.05, 3.63) is 60.6 Å². The lowest BCUT2D eigenvalue weighted by Gasteiger charge is -2.37. The Bertz CT molecular complexity index is 1840. The van der Waals surface area contributed by atoms with Crippen LogP contribution in [-0.2, 0) is 9.26 Å². The number of hydrogen-bond acceptors (Lipinski definition) is 8. The van der Waals surface area contributed by atoms with Crippen LogP contribution in [0.15, 0.2) is 55.0 Å². The Labute approximate surface area is 270 Å². The van der Waals surface area contributed by atoms with Gasteiger partial charge in [0.1, 0.15) is 17.1 Å². The van der Waals surface area contributed by atoms with E-state index in [1.165, 1.54) is 5.06 Å². The maximum Gasteiger partial charge on any atom is 0.432 e. The number of ether oxygens (including phenoxy) is 3. The van der Waals surface area contributed by atoms with Crippen molar-refractivity contribution in [3.8, 4) is 34.0 Å². The number of benzene rings is 1. The fourth-order valence-corrected chi connectivity index (χ4v) is 5.79. The summed E-state index contributed by atoms with van der Waals surface area (Å²) in [6.45, 7) is 15.3. The normalized spacial score (nSPS) is 12.2. The SMILES string of the molecule is COc1cc(OCCCOC(=O)N(C)O[Si](C)(C)C(C)(C)C)cc(-c2cc(-c3cnc4[nH]ccc4c3)nc3c(C(C)C)cnn23)c1. The van der Waals surface area contributed by atoms with Crippen LogP contribution in [0.1, 0.15) is 52.5 Å². The predicted molar refractivity (Wildman–Crippen MR) is 182 cm³/mol. The second-order valence-electron chi connectivity index (χ2n) is 13.2. The molecule has 5 rings (SSSR count). The minimum absolute atomic E-state index is 0.0310. The van der Waals surface area contributed by atoms with Gasteiger partial charge in [-0.2, -0.15) is 5.10 Å². The third kappa shape index (κ3) is 7.02. The zero-order valence-electron chi connectivity index (χ0n) is 28.2. The van der Waals surface area contributed by atoms with Crippen molar-refractivity contribution in [1.82, 2.24) is 29.6 Å². The van der Waals surface area contributed by atoms with E-state index in [-0.39, 0.29) is 17.6 Å². The standard InChI is InChI=1S/C34H44N6O5Si/c1-22(2)28-21-37-40-30(19-29(38-32(28)40)25-15-23-11-12-35-31(23)36-20-25)24-16-26(42-7)18-27(17-24)43-13-10-14-44-33(41)39(6)45-46(8,9)34(3,4)5/h11-12,15-22H,10,13-14H2,1-9H3,(H,35,36). The molecule has 0 spiro atoms. The number of amides is 1. The van der Waals surface area contributed by atoms with Crippen molar-refractivity contribution in [1.29, 1.82) is 0 Å². The van der Waals surface area contributed by atoms with Crippen molar-refractivity contribution in [2.75, 3.05) is 27.4 Å². The van der Waals surface area contributed by atoms with E-state index in [1.807, 2.05) is 53.4 Å². The Hall–Kier alpha value is -4.42. The molecule has 0 radical (unpaired) electrons. The number of aromatic nitrogens is 5. The minimum atomic E-state index is -2.15. The van der Waals surface area contributed by atoms with Gasteiger partial charge in [-0.05, 0) is 54.4 Å². The Kier molecular flexibility index (Phi) is 9.41. The number of pyridine rings is 1. The van der Waals surface area contributed by atoms with E-state index in [0.29, 0.717) is 24.5 Å². The second-order valence-corrected chi connectivity index (χ2v) is 17.9. The summed E-state index contributed by atoms with van der Waals surface area (Å²) in [7, 11) is 1.07. The molecule has 11 nitrogen and oxygen atoms in total.